The second-order valence-corrected chi connectivity index (χ2v) is 14.0. The molecule has 0 radical (unpaired) electrons. The highest BCUT2D eigenvalue weighted by atomic mass is 32.1. The van der Waals surface area contributed by atoms with E-state index in [4.69, 9.17) is 9.97 Å². The Hall–Kier alpha value is -6.30. The van der Waals surface area contributed by atoms with Crippen LogP contribution in [0.25, 0.3) is 109 Å². The third-order valence-corrected chi connectivity index (χ3v) is 11.5. The molecule has 0 amide bonds. The molecule has 0 unspecified atom stereocenters. The number of fused-ring (bicyclic) bond motifs is 4. The van der Waals surface area contributed by atoms with Gasteiger partial charge in [-0.25, -0.2) is 9.97 Å². The maximum atomic E-state index is 5.46. The molecule has 49 heavy (non-hydrogen) atoms. The van der Waals surface area contributed by atoms with Gasteiger partial charge in [0.15, 0.2) is 0 Å². The predicted molar refractivity (Wildman–Crippen MR) is 206 cm³/mol. The zero-order valence-electron chi connectivity index (χ0n) is 26.1. The van der Waals surface area contributed by atoms with Crippen LogP contribution in [-0.2, 0) is 0 Å². The minimum absolute atomic E-state index is 0.697. The lowest BCUT2D eigenvalue weighted by Gasteiger charge is -2.11. The summed E-state index contributed by atoms with van der Waals surface area (Å²) in [6.07, 6.45) is 0. The molecule has 5 heteroatoms. The molecule has 0 N–H and O–H groups in total. The number of nitrogens with zero attached hydrogens (tertiary/aromatic N) is 4. The van der Waals surface area contributed by atoms with E-state index in [1.54, 1.807) is 11.3 Å². The highest BCUT2D eigenvalue weighted by Gasteiger charge is 2.28. The summed E-state index contributed by atoms with van der Waals surface area (Å²) in [5, 5.41) is 9.98. The van der Waals surface area contributed by atoms with E-state index in [0.29, 0.717) is 5.95 Å². The van der Waals surface area contributed by atoms with Crippen molar-refractivity contribution in [3.05, 3.63) is 146 Å². The van der Waals surface area contributed by atoms with Gasteiger partial charge in [-0.3, -0.25) is 4.57 Å². The Bertz CT molecular complexity index is 3200. The van der Waals surface area contributed by atoms with Crippen LogP contribution in [0.5, 0.6) is 0 Å². The normalized spacial score (nSPS) is 12.5. The van der Waals surface area contributed by atoms with Crippen LogP contribution in [0.4, 0.5) is 0 Å². The Morgan fingerprint density at radius 3 is 1.78 bits per heavy atom. The van der Waals surface area contributed by atoms with Gasteiger partial charge in [0.05, 0.1) is 27.8 Å². The standard InChI is InChI=1S/C44H24N4S/c1-3-11-26(12-4-1)42-39-30-15-7-8-20-35(30)49-43(39)46-44(45-42)48-32-19-10-17-29-28-16-9-18-31-37(28)40-33(47(31)27-13-5-2-6-14-27)23-21-25-22-24-34(48)41(36(25)40)38(29)32/h1-24H. The van der Waals surface area contributed by atoms with Crippen LogP contribution in [0.15, 0.2) is 146 Å². The van der Waals surface area contributed by atoms with Crippen molar-refractivity contribution in [1.29, 1.82) is 0 Å². The SMILES string of the molecule is c1ccc(-c2nc(-n3c4cccc5c4c4c6c(ccc7c6c6c-5cccc6n7-c5ccccc5)ccc43)nc3sc4ccccc4c23)cc1. The van der Waals surface area contributed by atoms with E-state index in [1.807, 2.05) is 0 Å². The summed E-state index contributed by atoms with van der Waals surface area (Å²) in [4.78, 5) is 11.8. The quantitative estimate of drug-likeness (QED) is 0.193. The van der Waals surface area contributed by atoms with Crippen molar-refractivity contribution in [2.24, 2.45) is 0 Å². The Morgan fingerprint density at radius 2 is 1.04 bits per heavy atom. The number of thiophene rings is 1. The van der Waals surface area contributed by atoms with Gasteiger partial charge in [-0.05, 0) is 59.0 Å². The molecule has 0 bridgehead atoms. The minimum atomic E-state index is 0.697. The smallest absolute Gasteiger partial charge is 0.236 e. The fourth-order valence-electron chi connectivity index (χ4n) is 8.55. The maximum absolute atomic E-state index is 5.46. The zero-order chi connectivity index (χ0) is 31.8. The van der Waals surface area contributed by atoms with E-state index in [1.165, 1.54) is 70.3 Å². The van der Waals surface area contributed by atoms with Gasteiger partial charge in [0, 0.05) is 53.7 Å². The Morgan fingerprint density at radius 1 is 0.429 bits per heavy atom. The molecule has 4 nitrogen and oxygen atoms in total. The Kier molecular flexibility index (Phi) is 4.83. The van der Waals surface area contributed by atoms with Gasteiger partial charge in [0.1, 0.15) is 4.83 Å². The van der Waals surface area contributed by atoms with Crippen molar-refractivity contribution < 1.29 is 0 Å². The number of aromatic nitrogens is 4. The molecule has 1 aliphatic carbocycles. The molecule has 1 aliphatic rings. The van der Waals surface area contributed by atoms with Crippen LogP contribution in [0.3, 0.4) is 0 Å². The largest absolute Gasteiger partial charge is 0.309 e. The first-order valence-electron chi connectivity index (χ1n) is 16.6. The molecular formula is C44H24N4S. The van der Waals surface area contributed by atoms with Gasteiger partial charge in [-0.2, -0.15) is 0 Å². The summed E-state index contributed by atoms with van der Waals surface area (Å²) in [6.45, 7) is 0. The summed E-state index contributed by atoms with van der Waals surface area (Å²) in [5.74, 6) is 0.697. The lowest BCUT2D eigenvalue weighted by molar-refractivity contribution is 1.02. The van der Waals surface area contributed by atoms with Crippen molar-refractivity contribution in [2.75, 3.05) is 0 Å². The summed E-state index contributed by atoms with van der Waals surface area (Å²) >= 11 is 1.74. The van der Waals surface area contributed by atoms with Crippen LogP contribution >= 0.6 is 11.3 Å². The van der Waals surface area contributed by atoms with Crippen LogP contribution in [0.2, 0.25) is 0 Å². The minimum Gasteiger partial charge on any atom is -0.309 e. The van der Waals surface area contributed by atoms with Crippen LogP contribution in [0, 0.1) is 0 Å². The molecule has 226 valence electrons. The maximum Gasteiger partial charge on any atom is 0.236 e. The summed E-state index contributed by atoms with van der Waals surface area (Å²) in [5.41, 5.74) is 10.4. The van der Waals surface area contributed by atoms with Crippen LogP contribution in [0.1, 0.15) is 0 Å². The molecule has 0 saturated carbocycles. The van der Waals surface area contributed by atoms with Crippen molar-refractivity contribution in [3.8, 4) is 34.0 Å². The third-order valence-electron chi connectivity index (χ3n) is 10.5. The van der Waals surface area contributed by atoms with Crippen molar-refractivity contribution in [3.63, 3.8) is 0 Å². The van der Waals surface area contributed by atoms with E-state index in [9.17, 15) is 0 Å². The number of rotatable bonds is 3. The van der Waals surface area contributed by atoms with Crippen LogP contribution in [-0.4, -0.2) is 19.1 Å². The molecule has 0 fully saturated rings. The molecular weight excluding hydrogens is 617 g/mol. The van der Waals surface area contributed by atoms with Gasteiger partial charge < -0.3 is 4.57 Å². The fourth-order valence-corrected chi connectivity index (χ4v) is 9.62. The van der Waals surface area contributed by atoms with Gasteiger partial charge in [0.2, 0.25) is 5.95 Å². The first-order valence-corrected chi connectivity index (χ1v) is 17.4. The second-order valence-electron chi connectivity index (χ2n) is 12.9. The molecule has 4 aromatic heterocycles. The van der Waals surface area contributed by atoms with Crippen molar-refractivity contribution in [1.82, 2.24) is 19.1 Å². The topological polar surface area (TPSA) is 35.6 Å². The lowest BCUT2D eigenvalue weighted by atomic mass is 9.98. The summed E-state index contributed by atoms with van der Waals surface area (Å²) < 4.78 is 5.96. The molecule has 11 aromatic rings. The number of benzene rings is 7. The van der Waals surface area contributed by atoms with E-state index in [-0.39, 0.29) is 0 Å². The first-order chi connectivity index (χ1) is 24.3. The van der Waals surface area contributed by atoms with Gasteiger partial charge in [-0.1, -0.05) is 103 Å². The van der Waals surface area contributed by atoms with Gasteiger partial charge in [0.25, 0.3) is 0 Å². The summed E-state index contributed by atoms with van der Waals surface area (Å²) in [7, 11) is 0. The molecule has 12 rings (SSSR count). The van der Waals surface area contributed by atoms with Gasteiger partial charge in [-0.15, -0.1) is 11.3 Å². The zero-order valence-corrected chi connectivity index (χ0v) is 26.9. The molecule has 0 atom stereocenters. The third kappa shape index (κ3) is 3.23. The average Bonchev–Trinajstić information content (AvgIpc) is 3.79. The first kappa shape index (κ1) is 25.7. The predicted octanol–water partition coefficient (Wildman–Crippen LogP) is 11.8. The molecule has 0 saturated heterocycles. The number of hydrogen-bond donors (Lipinski definition) is 0. The lowest BCUT2D eigenvalue weighted by Crippen LogP contribution is -2.02. The highest BCUT2D eigenvalue weighted by molar-refractivity contribution is 7.25. The van der Waals surface area contributed by atoms with E-state index in [2.05, 4.69) is 155 Å². The monoisotopic (exact) mass is 640 g/mol. The van der Waals surface area contributed by atoms with E-state index < -0.39 is 0 Å². The van der Waals surface area contributed by atoms with Crippen molar-refractivity contribution >= 4 is 86.0 Å². The fraction of sp³-hybridized carbons (Fsp3) is 0. The number of para-hydroxylation sites is 1. The molecule has 7 aromatic carbocycles. The average molecular weight is 641 g/mol. The van der Waals surface area contributed by atoms with E-state index >= 15 is 0 Å². The Balaban J connectivity index is 1.28. The molecule has 4 heterocycles. The molecule has 0 aliphatic heterocycles. The van der Waals surface area contributed by atoms with Crippen LogP contribution < -0.4 is 0 Å². The molecule has 0 spiro atoms. The summed E-state index contributed by atoms with van der Waals surface area (Å²) in [6, 6.07) is 52.5. The highest BCUT2D eigenvalue weighted by Crippen LogP contribution is 2.51. The van der Waals surface area contributed by atoms with Crippen molar-refractivity contribution in [2.45, 2.75) is 0 Å². The number of hydrogen-bond acceptors (Lipinski definition) is 3. The van der Waals surface area contributed by atoms with Gasteiger partial charge >= 0.3 is 0 Å². The second kappa shape index (κ2) is 9.19. The van der Waals surface area contributed by atoms with E-state index in [0.717, 1.165) is 32.5 Å². The Labute approximate surface area is 283 Å².